The van der Waals surface area contributed by atoms with Gasteiger partial charge in [-0.25, -0.2) is 4.98 Å². The van der Waals surface area contributed by atoms with Crippen molar-refractivity contribution in [3.8, 4) is 5.75 Å². The monoisotopic (exact) mass is 663 g/mol. The summed E-state index contributed by atoms with van der Waals surface area (Å²) in [6.07, 6.45) is -2.68. The van der Waals surface area contributed by atoms with E-state index in [0.29, 0.717) is 24.7 Å². The highest BCUT2D eigenvalue weighted by atomic mass is 32.2. The number of hydrogen-bond donors (Lipinski definition) is 1. The van der Waals surface area contributed by atoms with E-state index in [0.717, 1.165) is 27.6 Å². The van der Waals surface area contributed by atoms with Crippen LogP contribution in [0.2, 0.25) is 0 Å². The molecule has 1 aliphatic rings. The molecule has 5 unspecified atom stereocenters. The van der Waals surface area contributed by atoms with Crippen LogP contribution in [0.1, 0.15) is 34.1 Å². The summed E-state index contributed by atoms with van der Waals surface area (Å²) in [5, 5.41) is 5.63. The number of aryl methyl sites for hydroxylation is 1. The maximum Gasteiger partial charge on any atom is 0.303 e. The largest absolute Gasteiger partial charge is 0.494 e. The third-order valence-corrected chi connectivity index (χ3v) is 8.59. The van der Waals surface area contributed by atoms with Crippen LogP contribution >= 0.6 is 11.8 Å². The number of esters is 3. The van der Waals surface area contributed by atoms with Gasteiger partial charge in [-0.2, -0.15) is 0 Å². The van der Waals surface area contributed by atoms with E-state index in [1.807, 2.05) is 65.2 Å². The van der Waals surface area contributed by atoms with Crippen molar-refractivity contribution in [2.75, 3.05) is 13.2 Å². The number of thioether (sulfide) groups is 1. The summed E-state index contributed by atoms with van der Waals surface area (Å²) in [5.41, 5.74) is 0.751. The number of carbonyl (C=O) groups is 4. The van der Waals surface area contributed by atoms with Crippen LogP contribution in [0.4, 0.5) is 0 Å². The van der Waals surface area contributed by atoms with Gasteiger partial charge in [-0.1, -0.05) is 54.2 Å². The third kappa shape index (κ3) is 8.60. The van der Waals surface area contributed by atoms with E-state index in [1.54, 1.807) is 0 Å². The van der Waals surface area contributed by atoms with Gasteiger partial charge in [0.1, 0.15) is 29.9 Å². The van der Waals surface area contributed by atoms with Gasteiger partial charge in [0.25, 0.3) is 0 Å². The quantitative estimate of drug-likeness (QED) is 0.131. The predicted molar refractivity (Wildman–Crippen MR) is 174 cm³/mol. The Morgan fingerprint density at radius 3 is 2.30 bits per heavy atom. The van der Waals surface area contributed by atoms with Crippen LogP contribution in [-0.2, 0) is 44.7 Å². The zero-order valence-corrected chi connectivity index (χ0v) is 27.4. The molecule has 1 N–H and O–H groups in total. The number of imidazole rings is 1. The molecule has 0 bridgehead atoms. The number of amides is 1. The molecule has 1 saturated heterocycles. The van der Waals surface area contributed by atoms with E-state index < -0.39 is 53.6 Å². The lowest BCUT2D eigenvalue weighted by Gasteiger charge is -2.44. The Hall–Kier alpha value is -4.62. The molecule has 12 nitrogen and oxygen atoms in total. The number of benzene rings is 3. The highest BCUT2D eigenvalue weighted by Crippen LogP contribution is 2.37. The van der Waals surface area contributed by atoms with Gasteiger partial charge in [-0.3, -0.25) is 19.2 Å². The fourth-order valence-corrected chi connectivity index (χ4v) is 6.77. The molecule has 13 heteroatoms. The molecule has 1 aromatic heterocycles. The maximum absolute atomic E-state index is 12.4. The van der Waals surface area contributed by atoms with Crippen molar-refractivity contribution < 1.29 is 42.9 Å². The van der Waals surface area contributed by atoms with Crippen molar-refractivity contribution >= 4 is 57.4 Å². The first-order valence-electron chi connectivity index (χ1n) is 15.2. The van der Waals surface area contributed by atoms with E-state index in [4.69, 9.17) is 28.7 Å². The van der Waals surface area contributed by atoms with Crippen LogP contribution in [0, 0.1) is 0 Å². The highest BCUT2D eigenvalue weighted by Gasteiger charge is 2.51. The molecular formula is C34H37N3O9S. The van der Waals surface area contributed by atoms with Crippen molar-refractivity contribution in [2.24, 2.45) is 0 Å². The second-order valence-corrected chi connectivity index (χ2v) is 12.1. The summed E-state index contributed by atoms with van der Waals surface area (Å²) in [5.74, 6) is -1.52. The summed E-state index contributed by atoms with van der Waals surface area (Å²) in [6.45, 7) is 5.70. The van der Waals surface area contributed by atoms with E-state index in [1.165, 1.54) is 39.5 Å². The fourth-order valence-electron chi connectivity index (χ4n) is 5.52. The molecule has 47 heavy (non-hydrogen) atoms. The van der Waals surface area contributed by atoms with E-state index in [2.05, 4.69) is 11.4 Å². The average Bonchev–Trinajstić information content (AvgIpc) is 3.37. The van der Waals surface area contributed by atoms with E-state index in [9.17, 15) is 19.2 Å². The molecule has 2 heterocycles. The van der Waals surface area contributed by atoms with Gasteiger partial charge in [0.15, 0.2) is 17.4 Å². The molecule has 3 aromatic carbocycles. The van der Waals surface area contributed by atoms with Gasteiger partial charge in [0, 0.05) is 34.2 Å². The average molecular weight is 664 g/mol. The standard InChI is InChI=1S/C34H37N3O9S/c1-20(38)35-30-32(45-23(4)41)31(44-22(3)40)29(19-43-21(2)39)46-33(30)47-34-36-27-12-7-8-13-28(27)37(34)16-9-17-42-26-15-14-24-10-5-6-11-25(24)18-26/h5-8,10-15,18,29-33H,9,16-17,19H2,1-4H3,(H,35,38). The minimum Gasteiger partial charge on any atom is -0.494 e. The molecule has 0 aliphatic carbocycles. The molecule has 0 saturated carbocycles. The van der Waals surface area contributed by atoms with Gasteiger partial charge < -0.3 is 33.6 Å². The van der Waals surface area contributed by atoms with E-state index >= 15 is 0 Å². The van der Waals surface area contributed by atoms with Crippen LogP contribution in [-0.4, -0.2) is 76.4 Å². The van der Waals surface area contributed by atoms with Gasteiger partial charge in [0.2, 0.25) is 5.91 Å². The molecule has 0 radical (unpaired) electrons. The second-order valence-electron chi connectivity index (χ2n) is 11.1. The number of aromatic nitrogens is 2. The lowest BCUT2D eigenvalue weighted by Crippen LogP contribution is -2.65. The van der Waals surface area contributed by atoms with Gasteiger partial charge >= 0.3 is 17.9 Å². The van der Waals surface area contributed by atoms with Gasteiger partial charge in [-0.15, -0.1) is 0 Å². The molecule has 4 aromatic rings. The SMILES string of the molecule is CC(=O)NC1C(Sc2nc3ccccc3n2CCCOc2ccc3ccccc3c2)OC(COC(C)=O)C(OC(C)=O)C1OC(C)=O. The summed E-state index contributed by atoms with van der Waals surface area (Å²) in [7, 11) is 0. The molecule has 248 valence electrons. The van der Waals surface area contributed by atoms with Crippen molar-refractivity contribution in [1.82, 2.24) is 14.9 Å². The molecule has 5 atom stereocenters. The Morgan fingerprint density at radius 1 is 0.872 bits per heavy atom. The molecule has 5 rings (SSSR count). The van der Waals surface area contributed by atoms with Crippen molar-refractivity contribution in [2.45, 2.75) is 75.6 Å². The zero-order valence-electron chi connectivity index (χ0n) is 26.5. The summed E-state index contributed by atoms with van der Waals surface area (Å²) in [4.78, 5) is 53.4. The second kappa shape index (κ2) is 15.3. The maximum atomic E-state index is 12.4. The van der Waals surface area contributed by atoms with E-state index in [-0.39, 0.29) is 6.61 Å². The lowest BCUT2D eigenvalue weighted by molar-refractivity contribution is -0.211. The summed E-state index contributed by atoms with van der Waals surface area (Å²) < 4.78 is 30.9. The Morgan fingerprint density at radius 2 is 1.57 bits per heavy atom. The number of fused-ring (bicyclic) bond motifs is 2. The van der Waals surface area contributed by atoms with Crippen molar-refractivity contribution in [3.05, 3.63) is 66.7 Å². The first kappa shape index (κ1) is 33.7. The van der Waals surface area contributed by atoms with Gasteiger partial charge in [0.05, 0.1) is 17.6 Å². The van der Waals surface area contributed by atoms with Gasteiger partial charge in [-0.05, 0) is 41.5 Å². The molecular weight excluding hydrogens is 626 g/mol. The predicted octanol–water partition coefficient (Wildman–Crippen LogP) is 4.41. The fraction of sp³-hybridized carbons (Fsp3) is 0.382. The number of nitrogens with zero attached hydrogens (tertiary/aromatic N) is 2. The minimum atomic E-state index is -1.17. The number of para-hydroxylation sites is 2. The smallest absolute Gasteiger partial charge is 0.303 e. The molecule has 1 fully saturated rings. The highest BCUT2D eigenvalue weighted by molar-refractivity contribution is 7.99. The number of carbonyl (C=O) groups excluding carboxylic acids is 4. The summed E-state index contributed by atoms with van der Waals surface area (Å²) >= 11 is 1.21. The topological polar surface area (TPSA) is 144 Å². The molecule has 1 amide bonds. The number of hydrogen-bond acceptors (Lipinski definition) is 11. The number of ether oxygens (including phenoxy) is 5. The molecule has 1 aliphatic heterocycles. The van der Waals surface area contributed by atoms with Crippen LogP contribution in [0.5, 0.6) is 5.75 Å². The van der Waals surface area contributed by atoms with Crippen LogP contribution in [0.15, 0.2) is 71.9 Å². The van der Waals surface area contributed by atoms with Crippen molar-refractivity contribution in [1.29, 1.82) is 0 Å². The minimum absolute atomic E-state index is 0.280. The zero-order chi connectivity index (χ0) is 33.5. The summed E-state index contributed by atoms with van der Waals surface area (Å²) in [6, 6.07) is 20.8. The Balaban J connectivity index is 1.41. The van der Waals surface area contributed by atoms with Crippen molar-refractivity contribution in [3.63, 3.8) is 0 Å². The van der Waals surface area contributed by atoms with Crippen LogP contribution in [0.25, 0.3) is 21.8 Å². The first-order chi connectivity index (χ1) is 22.6. The normalized spacial score (nSPS) is 20.8. The Labute approximate surface area is 276 Å². The van der Waals surface area contributed by atoms with Crippen LogP contribution < -0.4 is 10.1 Å². The Bertz CT molecular complexity index is 1760. The first-order valence-corrected chi connectivity index (χ1v) is 16.1. The lowest BCUT2D eigenvalue weighted by atomic mass is 9.97. The number of rotatable bonds is 12. The number of nitrogens with one attached hydrogen (secondary N) is 1. The third-order valence-electron chi connectivity index (χ3n) is 7.43. The molecule has 0 spiro atoms. The Kier molecular flexibility index (Phi) is 11.0. The van der Waals surface area contributed by atoms with Crippen LogP contribution in [0.3, 0.4) is 0 Å².